The molecule has 1 aliphatic carbocycles. The summed E-state index contributed by atoms with van der Waals surface area (Å²) in [6.45, 7) is 0. The number of hydrogen-bond donors (Lipinski definition) is 1. The van der Waals surface area contributed by atoms with Crippen LogP contribution in [0.3, 0.4) is 0 Å². The summed E-state index contributed by atoms with van der Waals surface area (Å²) in [6, 6.07) is 0.217. The van der Waals surface area contributed by atoms with Crippen LogP contribution in [0.4, 0.5) is 0 Å². The minimum absolute atomic E-state index is 0.0425. The van der Waals surface area contributed by atoms with E-state index in [0.717, 1.165) is 25.7 Å². The topological polar surface area (TPSA) is 77.0 Å². The SMILES string of the molecule is O=NC1OBOC1C(=O)NC1CCCC1. The quantitative estimate of drug-likeness (QED) is 0.519. The second kappa shape index (κ2) is 4.72. The van der Waals surface area contributed by atoms with Gasteiger partial charge in [0.15, 0.2) is 6.10 Å². The number of nitrogens with one attached hydrogen (secondary N) is 1. The zero-order chi connectivity index (χ0) is 10.7. The molecule has 0 radical (unpaired) electrons. The van der Waals surface area contributed by atoms with Gasteiger partial charge in [0.25, 0.3) is 5.91 Å². The van der Waals surface area contributed by atoms with E-state index in [1.165, 1.54) is 0 Å². The maximum Gasteiger partial charge on any atom is 0.440 e. The summed E-state index contributed by atoms with van der Waals surface area (Å²) in [7, 11) is -0.0425. The highest BCUT2D eigenvalue weighted by Gasteiger charge is 2.37. The van der Waals surface area contributed by atoms with Crippen LogP contribution in [0.25, 0.3) is 0 Å². The lowest BCUT2D eigenvalue weighted by Crippen LogP contribution is -2.43. The van der Waals surface area contributed by atoms with E-state index in [1.807, 2.05) is 0 Å². The van der Waals surface area contributed by atoms with Gasteiger partial charge in [-0.05, 0) is 18.0 Å². The molecule has 0 aromatic heterocycles. The van der Waals surface area contributed by atoms with Crippen LogP contribution in [0, 0.1) is 4.91 Å². The second-order valence-corrected chi connectivity index (χ2v) is 3.86. The van der Waals surface area contributed by atoms with Crippen molar-refractivity contribution in [3.63, 3.8) is 0 Å². The molecular weight excluding hydrogens is 199 g/mol. The van der Waals surface area contributed by atoms with Gasteiger partial charge in [0.1, 0.15) is 0 Å². The molecule has 1 heterocycles. The minimum atomic E-state index is -0.994. The maximum absolute atomic E-state index is 11.7. The first kappa shape index (κ1) is 10.6. The highest BCUT2D eigenvalue weighted by molar-refractivity contribution is 6.20. The zero-order valence-corrected chi connectivity index (χ0v) is 8.35. The Balaban J connectivity index is 1.86. The normalized spacial score (nSPS) is 31.2. The molecule has 2 fully saturated rings. The van der Waals surface area contributed by atoms with E-state index in [0.29, 0.717) is 0 Å². The average molecular weight is 212 g/mol. The number of nitrogens with zero attached hydrogens (tertiary/aromatic N) is 1. The summed E-state index contributed by atoms with van der Waals surface area (Å²) < 4.78 is 9.84. The van der Waals surface area contributed by atoms with Crippen molar-refractivity contribution in [1.29, 1.82) is 0 Å². The second-order valence-electron chi connectivity index (χ2n) is 3.86. The van der Waals surface area contributed by atoms with Gasteiger partial charge in [0, 0.05) is 6.04 Å². The highest BCUT2D eigenvalue weighted by atomic mass is 16.7. The molecule has 2 unspecified atom stereocenters. The highest BCUT2D eigenvalue weighted by Crippen LogP contribution is 2.19. The van der Waals surface area contributed by atoms with Crippen molar-refractivity contribution in [2.75, 3.05) is 0 Å². The van der Waals surface area contributed by atoms with Crippen LogP contribution in [0.5, 0.6) is 0 Å². The molecule has 6 nitrogen and oxygen atoms in total. The van der Waals surface area contributed by atoms with E-state index in [4.69, 9.17) is 9.31 Å². The standard InChI is InChI=1S/C8H13BN2O4/c12-7(10-5-3-1-2-4-5)6-8(11-13)15-9-14-6/h5-6,8-9H,1-4H2,(H,10,12). The van der Waals surface area contributed by atoms with Gasteiger partial charge in [-0.25, -0.2) is 0 Å². The number of carbonyl (C=O) groups excluding carboxylic acids is 1. The van der Waals surface area contributed by atoms with Crippen LogP contribution in [-0.2, 0) is 14.1 Å². The van der Waals surface area contributed by atoms with Crippen LogP contribution in [0.15, 0.2) is 5.18 Å². The summed E-state index contributed by atoms with van der Waals surface area (Å²) >= 11 is 0. The van der Waals surface area contributed by atoms with E-state index in [9.17, 15) is 9.70 Å². The number of amides is 1. The van der Waals surface area contributed by atoms with Crippen molar-refractivity contribution in [1.82, 2.24) is 5.32 Å². The molecule has 1 saturated carbocycles. The number of rotatable bonds is 3. The number of hydrogen-bond acceptors (Lipinski definition) is 5. The molecule has 0 bridgehead atoms. The smallest absolute Gasteiger partial charge is 0.398 e. The molecule has 82 valence electrons. The van der Waals surface area contributed by atoms with Gasteiger partial charge >= 0.3 is 7.69 Å². The Hall–Kier alpha value is -0.945. The minimum Gasteiger partial charge on any atom is -0.398 e. The number of nitroso groups, excluding NO2 is 1. The Morgan fingerprint density at radius 3 is 2.73 bits per heavy atom. The Kier molecular flexibility index (Phi) is 3.32. The van der Waals surface area contributed by atoms with Crippen molar-refractivity contribution >= 4 is 13.6 Å². The maximum atomic E-state index is 11.7. The molecular formula is C8H13BN2O4. The Morgan fingerprint density at radius 2 is 2.07 bits per heavy atom. The summed E-state index contributed by atoms with van der Waals surface area (Å²) in [6.07, 6.45) is 2.41. The van der Waals surface area contributed by atoms with E-state index < -0.39 is 12.3 Å². The Bertz CT molecular complexity index is 257. The molecule has 7 heteroatoms. The van der Waals surface area contributed by atoms with Crippen molar-refractivity contribution in [2.45, 2.75) is 44.1 Å². The van der Waals surface area contributed by atoms with Gasteiger partial charge < -0.3 is 14.6 Å². The fourth-order valence-corrected chi connectivity index (χ4v) is 2.00. The van der Waals surface area contributed by atoms with Crippen LogP contribution in [0.2, 0.25) is 0 Å². The van der Waals surface area contributed by atoms with E-state index in [2.05, 4.69) is 10.5 Å². The van der Waals surface area contributed by atoms with Crippen LogP contribution < -0.4 is 5.32 Å². The lowest BCUT2D eigenvalue weighted by molar-refractivity contribution is -0.129. The molecule has 1 amide bonds. The van der Waals surface area contributed by atoms with E-state index >= 15 is 0 Å². The molecule has 2 rings (SSSR count). The predicted molar refractivity (Wildman–Crippen MR) is 53.1 cm³/mol. The molecule has 1 saturated heterocycles. The molecule has 2 aliphatic rings. The first-order chi connectivity index (χ1) is 7.31. The third-order valence-corrected chi connectivity index (χ3v) is 2.81. The van der Waals surface area contributed by atoms with E-state index in [-0.39, 0.29) is 19.6 Å². The lowest BCUT2D eigenvalue weighted by atomic mass is 10.2. The van der Waals surface area contributed by atoms with Crippen LogP contribution in [-0.4, -0.2) is 32.0 Å². The first-order valence-corrected chi connectivity index (χ1v) is 5.17. The van der Waals surface area contributed by atoms with Crippen molar-refractivity contribution < 1.29 is 14.1 Å². The Labute approximate surface area is 88.0 Å². The molecule has 0 aromatic carbocycles. The third kappa shape index (κ3) is 2.35. The summed E-state index contributed by atoms with van der Waals surface area (Å²) in [4.78, 5) is 22.0. The molecule has 1 N–H and O–H groups in total. The predicted octanol–water partition coefficient (Wildman–Crippen LogP) is -0.180. The van der Waals surface area contributed by atoms with Gasteiger partial charge in [-0.1, -0.05) is 12.8 Å². The summed E-state index contributed by atoms with van der Waals surface area (Å²) in [5.74, 6) is -0.288. The molecule has 0 spiro atoms. The monoisotopic (exact) mass is 212 g/mol. The fourth-order valence-electron chi connectivity index (χ4n) is 2.00. The van der Waals surface area contributed by atoms with Crippen LogP contribution in [0.1, 0.15) is 25.7 Å². The molecule has 0 aromatic rings. The van der Waals surface area contributed by atoms with Gasteiger partial charge in [-0.2, -0.15) is 0 Å². The molecule has 15 heavy (non-hydrogen) atoms. The molecule has 1 aliphatic heterocycles. The molecule has 2 atom stereocenters. The van der Waals surface area contributed by atoms with Gasteiger partial charge in [0.05, 0.1) is 0 Å². The summed E-state index contributed by atoms with van der Waals surface area (Å²) in [5, 5.41) is 5.55. The lowest BCUT2D eigenvalue weighted by Gasteiger charge is -2.16. The largest absolute Gasteiger partial charge is 0.440 e. The van der Waals surface area contributed by atoms with Crippen molar-refractivity contribution in [3.05, 3.63) is 4.91 Å². The number of carbonyl (C=O) groups is 1. The summed E-state index contributed by atoms with van der Waals surface area (Å²) in [5.41, 5.74) is 0. The van der Waals surface area contributed by atoms with Crippen molar-refractivity contribution in [3.8, 4) is 0 Å². The van der Waals surface area contributed by atoms with Gasteiger partial charge in [0.2, 0.25) is 6.23 Å². The third-order valence-electron chi connectivity index (χ3n) is 2.81. The van der Waals surface area contributed by atoms with E-state index in [1.54, 1.807) is 0 Å². The first-order valence-electron chi connectivity index (χ1n) is 5.17. The van der Waals surface area contributed by atoms with Gasteiger partial charge in [-0.3, -0.25) is 4.79 Å². The fraction of sp³-hybridized carbons (Fsp3) is 0.875. The van der Waals surface area contributed by atoms with Gasteiger partial charge in [-0.15, -0.1) is 4.91 Å². The van der Waals surface area contributed by atoms with Crippen LogP contribution >= 0.6 is 0 Å². The van der Waals surface area contributed by atoms with Crippen molar-refractivity contribution in [2.24, 2.45) is 5.18 Å². The zero-order valence-electron chi connectivity index (χ0n) is 8.35. The Morgan fingerprint density at radius 1 is 1.33 bits per heavy atom. The average Bonchev–Trinajstić information content (AvgIpc) is 2.86.